The van der Waals surface area contributed by atoms with E-state index < -0.39 is 28.5 Å². The van der Waals surface area contributed by atoms with Gasteiger partial charge in [-0.2, -0.15) is 0 Å². The van der Waals surface area contributed by atoms with Crippen LogP contribution in [0.1, 0.15) is 58.8 Å². The third kappa shape index (κ3) is 1.99. The molecule has 7 unspecified atom stereocenters. The molecular formula is C20H28O5. The fourth-order valence-electron chi connectivity index (χ4n) is 7.14. The fourth-order valence-corrected chi connectivity index (χ4v) is 7.14. The SMILES string of the molecule is C=C1CC2(C(=O)O)CC1CCC2C1(C)CCCC2(C)C(=O)OC(O)C21. The van der Waals surface area contributed by atoms with Crippen LogP contribution in [0.15, 0.2) is 12.2 Å². The lowest BCUT2D eigenvalue weighted by Crippen LogP contribution is -2.56. The number of hydrogen-bond acceptors (Lipinski definition) is 4. The number of aliphatic hydroxyl groups excluding tert-OH is 1. The number of carboxylic acids is 1. The second-order valence-electron chi connectivity index (χ2n) is 9.38. The zero-order chi connectivity index (χ0) is 18.2. The molecule has 1 aliphatic heterocycles. The molecule has 4 fully saturated rings. The summed E-state index contributed by atoms with van der Waals surface area (Å²) >= 11 is 0. The smallest absolute Gasteiger partial charge is 0.314 e. The average molecular weight is 348 g/mol. The summed E-state index contributed by atoms with van der Waals surface area (Å²) in [7, 11) is 0. The van der Waals surface area contributed by atoms with Crippen molar-refractivity contribution in [2.45, 2.75) is 65.1 Å². The highest BCUT2D eigenvalue weighted by Crippen LogP contribution is 2.68. The Morgan fingerprint density at radius 1 is 1.28 bits per heavy atom. The summed E-state index contributed by atoms with van der Waals surface area (Å²) in [6.45, 7) is 8.13. The Bertz CT molecular complexity index is 656. The topological polar surface area (TPSA) is 83.8 Å². The maximum Gasteiger partial charge on any atom is 0.314 e. The van der Waals surface area contributed by atoms with Crippen molar-refractivity contribution in [3.8, 4) is 0 Å². The summed E-state index contributed by atoms with van der Waals surface area (Å²) in [5.74, 6) is -1.18. The van der Waals surface area contributed by atoms with Gasteiger partial charge in [0.15, 0.2) is 0 Å². The highest BCUT2D eigenvalue weighted by molar-refractivity contribution is 5.80. The van der Waals surface area contributed by atoms with Crippen LogP contribution in [-0.2, 0) is 14.3 Å². The molecule has 25 heavy (non-hydrogen) atoms. The molecule has 2 N–H and O–H groups in total. The first kappa shape index (κ1) is 17.1. The number of aliphatic carboxylic acids is 1. The van der Waals surface area contributed by atoms with Gasteiger partial charge in [-0.05, 0) is 62.7 Å². The van der Waals surface area contributed by atoms with Crippen LogP contribution in [0, 0.1) is 34.0 Å². The van der Waals surface area contributed by atoms with Crippen molar-refractivity contribution in [1.82, 2.24) is 0 Å². The summed E-state index contributed by atoms with van der Waals surface area (Å²) in [6.07, 6.45) is 4.22. The van der Waals surface area contributed by atoms with E-state index in [1.165, 1.54) is 0 Å². The van der Waals surface area contributed by atoms with Gasteiger partial charge in [-0.25, -0.2) is 0 Å². The van der Waals surface area contributed by atoms with Gasteiger partial charge in [-0.15, -0.1) is 0 Å². The highest BCUT2D eigenvalue weighted by Gasteiger charge is 2.69. The molecule has 5 nitrogen and oxygen atoms in total. The summed E-state index contributed by atoms with van der Waals surface area (Å²) in [4.78, 5) is 24.8. The van der Waals surface area contributed by atoms with E-state index in [0.717, 1.165) is 31.3 Å². The van der Waals surface area contributed by atoms with Gasteiger partial charge in [0.1, 0.15) is 0 Å². The van der Waals surface area contributed by atoms with E-state index in [9.17, 15) is 19.8 Å². The number of allylic oxidation sites excluding steroid dienone is 1. The molecule has 2 bridgehead atoms. The van der Waals surface area contributed by atoms with Crippen LogP contribution in [-0.4, -0.2) is 28.4 Å². The Balaban J connectivity index is 1.80. The second kappa shape index (κ2) is 5.09. The van der Waals surface area contributed by atoms with Gasteiger partial charge >= 0.3 is 11.9 Å². The highest BCUT2D eigenvalue weighted by atomic mass is 16.6. The number of aliphatic hydroxyl groups is 1. The van der Waals surface area contributed by atoms with Crippen LogP contribution in [0.25, 0.3) is 0 Å². The molecule has 0 radical (unpaired) electrons. The Labute approximate surface area is 148 Å². The number of rotatable bonds is 2. The molecule has 0 amide bonds. The van der Waals surface area contributed by atoms with Crippen LogP contribution < -0.4 is 0 Å². The molecule has 1 saturated heterocycles. The number of ether oxygens (including phenoxy) is 1. The van der Waals surface area contributed by atoms with Crippen molar-refractivity contribution < 1.29 is 24.5 Å². The Morgan fingerprint density at radius 2 is 2.00 bits per heavy atom. The quantitative estimate of drug-likeness (QED) is 0.592. The normalized spacial score (nSPS) is 52.0. The zero-order valence-electron chi connectivity index (χ0n) is 15.1. The zero-order valence-corrected chi connectivity index (χ0v) is 15.1. The number of carbonyl (C=O) groups is 2. The van der Waals surface area contributed by atoms with Crippen LogP contribution in [0.5, 0.6) is 0 Å². The van der Waals surface area contributed by atoms with Crippen LogP contribution in [0.3, 0.4) is 0 Å². The van der Waals surface area contributed by atoms with E-state index >= 15 is 0 Å². The van der Waals surface area contributed by atoms with E-state index in [1.807, 2.05) is 6.92 Å². The van der Waals surface area contributed by atoms with Crippen LogP contribution >= 0.6 is 0 Å². The fraction of sp³-hybridized carbons (Fsp3) is 0.800. The van der Waals surface area contributed by atoms with E-state index in [1.54, 1.807) is 0 Å². The molecule has 5 heteroatoms. The van der Waals surface area contributed by atoms with Gasteiger partial charge in [-0.3, -0.25) is 9.59 Å². The lowest BCUT2D eigenvalue weighted by atomic mass is 9.46. The molecule has 7 atom stereocenters. The number of cyclic esters (lactones) is 1. The van der Waals surface area contributed by atoms with Crippen molar-refractivity contribution in [3.63, 3.8) is 0 Å². The Hall–Kier alpha value is -1.36. The first-order valence-electron chi connectivity index (χ1n) is 9.45. The number of carboxylic acid groups (broad SMARTS) is 1. The second-order valence-corrected chi connectivity index (χ2v) is 9.38. The Kier molecular flexibility index (Phi) is 3.48. The lowest BCUT2D eigenvalue weighted by molar-refractivity contribution is -0.179. The Morgan fingerprint density at radius 3 is 2.68 bits per heavy atom. The summed E-state index contributed by atoms with van der Waals surface area (Å²) < 4.78 is 5.24. The summed E-state index contributed by atoms with van der Waals surface area (Å²) in [6, 6.07) is 0. The molecular weight excluding hydrogens is 320 g/mol. The van der Waals surface area contributed by atoms with Crippen molar-refractivity contribution in [2.24, 2.45) is 34.0 Å². The molecule has 0 aromatic heterocycles. The van der Waals surface area contributed by atoms with Crippen molar-refractivity contribution in [2.75, 3.05) is 0 Å². The molecule has 3 saturated carbocycles. The maximum atomic E-state index is 12.4. The monoisotopic (exact) mass is 348 g/mol. The molecule has 0 aromatic carbocycles. The molecule has 138 valence electrons. The van der Waals surface area contributed by atoms with Crippen molar-refractivity contribution in [1.29, 1.82) is 0 Å². The number of carbonyl (C=O) groups excluding carboxylic acids is 1. The first-order chi connectivity index (χ1) is 11.6. The van der Waals surface area contributed by atoms with Gasteiger partial charge in [0.2, 0.25) is 6.29 Å². The summed E-state index contributed by atoms with van der Waals surface area (Å²) in [5.41, 5.74) is -0.880. The predicted octanol–water partition coefficient (Wildman–Crippen LogP) is 3.12. The number of fused-ring (bicyclic) bond motifs is 3. The van der Waals surface area contributed by atoms with Crippen LogP contribution in [0.4, 0.5) is 0 Å². The number of esters is 1. The molecule has 0 aromatic rings. The third-order valence-electron chi connectivity index (χ3n) is 8.21. The summed E-state index contributed by atoms with van der Waals surface area (Å²) in [5, 5.41) is 20.7. The first-order valence-corrected chi connectivity index (χ1v) is 9.45. The largest absolute Gasteiger partial charge is 0.481 e. The minimum absolute atomic E-state index is 0.0678. The molecule has 1 heterocycles. The van der Waals surface area contributed by atoms with Gasteiger partial charge in [0.05, 0.1) is 10.8 Å². The molecule has 3 aliphatic carbocycles. The van der Waals surface area contributed by atoms with Gasteiger partial charge in [0, 0.05) is 5.92 Å². The minimum atomic E-state index is -1.13. The molecule has 0 spiro atoms. The number of hydrogen-bond donors (Lipinski definition) is 2. The third-order valence-corrected chi connectivity index (χ3v) is 8.21. The van der Waals surface area contributed by atoms with Gasteiger partial charge in [0.25, 0.3) is 0 Å². The van der Waals surface area contributed by atoms with Crippen molar-refractivity contribution >= 4 is 11.9 Å². The van der Waals surface area contributed by atoms with E-state index in [2.05, 4.69) is 13.5 Å². The maximum absolute atomic E-state index is 12.4. The van der Waals surface area contributed by atoms with Gasteiger partial charge < -0.3 is 14.9 Å². The van der Waals surface area contributed by atoms with Gasteiger partial charge in [-0.1, -0.05) is 25.5 Å². The van der Waals surface area contributed by atoms with E-state index in [4.69, 9.17) is 4.74 Å². The van der Waals surface area contributed by atoms with Crippen LogP contribution in [0.2, 0.25) is 0 Å². The molecule has 4 rings (SSSR count). The molecule has 4 aliphatic rings. The van der Waals surface area contributed by atoms with Crippen molar-refractivity contribution in [3.05, 3.63) is 12.2 Å². The average Bonchev–Trinajstić information content (AvgIpc) is 2.92. The minimum Gasteiger partial charge on any atom is -0.481 e. The van der Waals surface area contributed by atoms with E-state index in [-0.39, 0.29) is 17.8 Å². The standard InChI is InChI=1S/C20H28O5/c1-11-9-20(16(22)23)10-12(11)5-6-13(20)18(2)7-4-8-19(3)14(18)15(21)25-17(19)24/h12-15,21H,1,4-10H2,2-3H3,(H,22,23). The van der Waals surface area contributed by atoms with E-state index in [0.29, 0.717) is 25.2 Å². The lowest BCUT2D eigenvalue weighted by Gasteiger charge is -2.55. The predicted molar refractivity (Wildman–Crippen MR) is 90.3 cm³/mol.